The number of hydrogen-bond donors (Lipinski definition) is 0. The molecule has 3 rings (SSSR count). The van der Waals surface area contributed by atoms with Gasteiger partial charge in [0, 0.05) is 0 Å². The van der Waals surface area contributed by atoms with Crippen molar-refractivity contribution in [2.75, 3.05) is 0 Å². The number of nitrogens with zero attached hydrogens (tertiary/aromatic N) is 3. The molecule has 0 radical (unpaired) electrons. The fourth-order valence-electron chi connectivity index (χ4n) is 4.04. The molecule has 2 atom stereocenters. The third-order valence-corrected chi connectivity index (χ3v) is 5.16. The van der Waals surface area contributed by atoms with Crippen LogP contribution in [0.5, 0.6) is 0 Å². The van der Waals surface area contributed by atoms with Gasteiger partial charge in [-0.05, 0) is 76.2 Å². The van der Waals surface area contributed by atoms with Gasteiger partial charge in [0.1, 0.15) is 0 Å². The minimum atomic E-state index is 0.182. The summed E-state index contributed by atoms with van der Waals surface area (Å²) >= 11 is 0.194. The summed E-state index contributed by atoms with van der Waals surface area (Å²) in [5, 5.41) is 4.87. The van der Waals surface area contributed by atoms with Crippen LogP contribution in [0.25, 0.3) is 5.32 Å². The Labute approximate surface area is 196 Å². The van der Waals surface area contributed by atoms with E-state index in [-0.39, 0.29) is 25.2 Å². The second-order valence-electron chi connectivity index (χ2n) is 7.96. The van der Waals surface area contributed by atoms with Crippen LogP contribution in [0.1, 0.15) is 46.2 Å². The van der Waals surface area contributed by atoms with Gasteiger partial charge in [-0.2, -0.15) is 0 Å². The number of aryl methyl sites for hydroxylation is 6. The molecule has 1 saturated heterocycles. The SMILES string of the molecule is Cc1cc(C)c(N=CC2CCC(C=Nc3c(C)cc(C)cc3C)[N-]2)c(C)c1.[Cl][Fe+][Cl]. The number of hydrogen-bond acceptors (Lipinski definition) is 2. The van der Waals surface area contributed by atoms with Gasteiger partial charge in [0.05, 0.1) is 11.4 Å². The quantitative estimate of drug-likeness (QED) is 0.311. The standard InChI is InChI=1S/C24H30N3.2ClH.Fe/c1-15-9-17(3)23(18(4)10-15)25-13-21-7-8-22(27-21)14-26-24-19(5)11-16(2)12-20(24)6;;;/h9-14,21-22H,7-8H2,1-6H3;2*1H;/q-1;;;+3/p-2. The first-order valence-electron chi connectivity index (χ1n) is 10.0. The molecule has 0 spiro atoms. The van der Waals surface area contributed by atoms with E-state index in [0.717, 1.165) is 24.2 Å². The minimum absolute atomic E-state index is 0.182. The van der Waals surface area contributed by atoms with E-state index in [1.165, 1.54) is 33.4 Å². The van der Waals surface area contributed by atoms with E-state index < -0.39 is 0 Å². The van der Waals surface area contributed by atoms with Gasteiger partial charge in [0.15, 0.2) is 0 Å². The van der Waals surface area contributed by atoms with Crippen LogP contribution in [0.3, 0.4) is 0 Å². The topological polar surface area (TPSA) is 38.8 Å². The Balaban J connectivity index is 0.00000101. The fraction of sp³-hybridized carbons (Fsp3) is 0.417. The van der Waals surface area contributed by atoms with E-state index >= 15 is 0 Å². The van der Waals surface area contributed by atoms with Crippen LogP contribution < -0.4 is 0 Å². The van der Waals surface area contributed by atoms with E-state index in [2.05, 4.69) is 65.8 Å². The molecule has 1 heterocycles. The average molecular weight is 487 g/mol. The maximum absolute atomic E-state index is 4.87. The second kappa shape index (κ2) is 12.0. The molecule has 0 aromatic heterocycles. The molecule has 0 N–H and O–H groups in total. The summed E-state index contributed by atoms with van der Waals surface area (Å²) in [5.41, 5.74) is 9.64. The molecule has 0 bridgehead atoms. The Kier molecular flexibility index (Phi) is 10.1. The van der Waals surface area contributed by atoms with Crippen LogP contribution in [-0.2, 0) is 13.1 Å². The van der Waals surface area contributed by atoms with Crippen molar-refractivity contribution < 1.29 is 13.1 Å². The second-order valence-corrected chi connectivity index (χ2v) is 9.79. The maximum atomic E-state index is 4.87. The summed E-state index contributed by atoms with van der Waals surface area (Å²) in [6.45, 7) is 12.8. The van der Waals surface area contributed by atoms with E-state index in [0.29, 0.717) is 0 Å². The van der Waals surface area contributed by atoms with Crippen LogP contribution in [0.2, 0.25) is 0 Å². The van der Waals surface area contributed by atoms with Crippen LogP contribution in [0.4, 0.5) is 11.4 Å². The number of benzene rings is 2. The summed E-state index contributed by atoms with van der Waals surface area (Å²) in [4.78, 5) is 9.51. The van der Waals surface area contributed by atoms with Crippen LogP contribution in [-0.4, -0.2) is 24.5 Å². The first-order valence-corrected chi connectivity index (χ1v) is 13.1. The first kappa shape index (κ1) is 25.1. The predicted octanol–water partition coefficient (Wildman–Crippen LogP) is 7.92. The Bertz CT molecular complexity index is 805. The molecule has 0 amide bonds. The zero-order valence-electron chi connectivity index (χ0n) is 18.5. The summed E-state index contributed by atoms with van der Waals surface area (Å²) in [5.74, 6) is 0. The first-order chi connectivity index (χ1) is 14.2. The Morgan fingerprint density at radius 3 is 1.33 bits per heavy atom. The molecule has 2 unspecified atom stereocenters. The van der Waals surface area contributed by atoms with Gasteiger partial charge in [0.25, 0.3) is 0 Å². The summed E-state index contributed by atoms with van der Waals surface area (Å²) in [6.07, 6.45) is 6.10. The average Bonchev–Trinajstić information content (AvgIpc) is 3.08. The van der Waals surface area contributed by atoms with Crippen LogP contribution >= 0.6 is 20.2 Å². The summed E-state index contributed by atoms with van der Waals surface area (Å²) in [7, 11) is 9.53. The third-order valence-electron chi connectivity index (χ3n) is 5.16. The van der Waals surface area contributed by atoms with E-state index in [1.807, 2.05) is 12.4 Å². The van der Waals surface area contributed by atoms with Gasteiger partial charge >= 0.3 is 33.3 Å². The third kappa shape index (κ3) is 7.21. The molecule has 0 aliphatic carbocycles. The molecule has 30 heavy (non-hydrogen) atoms. The molecule has 6 heteroatoms. The van der Waals surface area contributed by atoms with E-state index in [4.69, 9.17) is 35.5 Å². The van der Waals surface area contributed by atoms with Crippen molar-refractivity contribution in [2.24, 2.45) is 9.98 Å². The molecule has 2 aromatic rings. The van der Waals surface area contributed by atoms with Crippen molar-refractivity contribution in [2.45, 2.75) is 66.5 Å². The molecule has 163 valence electrons. The fourth-order valence-corrected chi connectivity index (χ4v) is 4.04. The number of aliphatic imine (C=N–C) groups is 2. The molecular formula is C24H30Cl2FeN3. The summed E-state index contributed by atoms with van der Waals surface area (Å²) in [6, 6.07) is 9.12. The molecule has 3 nitrogen and oxygen atoms in total. The van der Waals surface area contributed by atoms with Gasteiger partial charge in [-0.3, -0.25) is 9.98 Å². The monoisotopic (exact) mass is 486 g/mol. The molecular weight excluding hydrogens is 457 g/mol. The zero-order valence-corrected chi connectivity index (χ0v) is 21.1. The van der Waals surface area contributed by atoms with Gasteiger partial charge in [-0.15, -0.1) is 0 Å². The number of halogens is 2. The number of rotatable bonds is 4. The Morgan fingerprint density at radius 1 is 0.733 bits per heavy atom. The Morgan fingerprint density at radius 2 is 1.03 bits per heavy atom. The van der Waals surface area contributed by atoms with Crippen molar-refractivity contribution in [1.29, 1.82) is 0 Å². The van der Waals surface area contributed by atoms with Crippen LogP contribution in [0, 0.1) is 41.5 Å². The summed E-state index contributed by atoms with van der Waals surface area (Å²) < 4.78 is 0. The zero-order chi connectivity index (χ0) is 22.3. The molecule has 1 fully saturated rings. The van der Waals surface area contributed by atoms with E-state index in [9.17, 15) is 0 Å². The van der Waals surface area contributed by atoms with Crippen molar-refractivity contribution >= 4 is 44.0 Å². The Hall–Kier alpha value is -1.16. The molecule has 0 saturated carbocycles. The van der Waals surface area contributed by atoms with Crippen LogP contribution in [0.15, 0.2) is 34.3 Å². The van der Waals surface area contributed by atoms with E-state index in [1.54, 1.807) is 0 Å². The van der Waals surface area contributed by atoms with Gasteiger partial charge in [-0.25, -0.2) is 0 Å². The van der Waals surface area contributed by atoms with Gasteiger partial charge < -0.3 is 5.32 Å². The van der Waals surface area contributed by atoms with Gasteiger partial charge in [0.2, 0.25) is 0 Å². The van der Waals surface area contributed by atoms with Gasteiger partial charge in [-0.1, -0.05) is 60.3 Å². The van der Waals surface area contributed by atoms with Crippen molar-refractivity contribution in [3.63, 3.8) is 0 Å². The van der Waals surface area contributed by atoms with Crippen molar-refractivity contribution in [3.05, 3.63) is 63.0 Å². The van der Waals surface area contributed by atoms with Crippen molar-refractivity contribution in [1.82, 2.24) is 0 Å². The molecule has 1 aliphatic rings. The molecule has 2 aromatic carbocycles. The predicted molar refractivity (Wildman–Crippen MR) is 129 cm³/mol. The normalized spacial score (nSPS) is 18.8. The van der Waals surface area contributed by atoms with Crippen molar-refractivity contribution in [3.8, 4) is 0 Å². The molecule has 1 aliphatic heterocycles.